The normalized spacial score (nSPS) is 9.83. The lowest BCUT2D eigenvalue weighted by molar-refractivity contribution is -0.665. The van der Waals surface area contributed by atoms with Crippen LogP contribution in [0.3, 0.4) is 0 Å². The van der Waals surface area contributed by atoms with Gasteiger partial charge in [-0.25, -0.2) is 0 Å². The predicted molar refractivity (Wildman–Crippen MR) is 41.5 cm³/mol. The molecule has 1 aromatic rings. The Hall–Kier alpha value is -1.65. The van der Waals surface area contributed by atoms with Gasteiger partial charge in [-0.2, -0.15) is 0 Å². The van der Waals surface area contributed by atoms with Crippen LogP contribution >= 0.6 is 0 Å². The molecule has 0 saturated carbocycles. The van der Waals surface area contributed by atoms with Crippen LogP contribution in [0.15, 0.2) is 12.3 Å². The molecule has 1 aromatic heterocycles. The number of aryl methyl sites for hydroxylation is 1. The third-order valence-electron chi connectivity index (χ3n) is 1.77. The van der Waals surface area contributed by atoms with Gasteiger partial charge in [-0.05, 0) is 19.4 Å². The van der Waals surface area contributed by atoms with Gasteiger partial charge in [0, 0.05) is 6.07 Å². The smallest absolute Gasteiger partial charge is 0.515 e. The van der Waals surface area contributed by atoms with Crippen LogP contribution in [0.2, 0.25) is 0 Å². The van der Waals surface area contributed by atoms with Gasteiger partial charge in [0.2, 0.25) is 0 Å². The highest BCUT2D eigenvalue weighted by atomic mass is 16.6. The van der Waals surface area contributed by atoms with E-state index in [1.807, 2.05) is 0 Å². The summed E-state index contributed by atoms with van der Waals surface area (Å²) in [6, 6.07) is 1.55. The topological polar surface area (TPSA) is 70.1 Å². The van der Waals surface area contributed by atoms with E-state index in [-0.39, 0.29) is 4.73 Å². The van der Waals surface area contributed by atoms with E-state index in [0.717, 1.165) is 11.8 Å². The molecule has 1 heterocycles. The number of hydrogen-bond donors (Lipinski definition) is 0. The molecule has 0 atom stereocenters. The van der Waals surface area contributed by atoms with Crippen molar-refractivity contribution in [1.29, 1.82) is 0 Å². The van der Waals surface area contributed by atoms with Crippen molar-refractivity contribution < 1.29 is 9.65 Å². The first-order valence-corrected chi connectivity index (χ1v) is 3.38. The van der Waals surface area contributed by atoms with Crippen molar-refractivity contribution in [1.82, 2.24) is 0 Å². The van der Waals surface area contributed by atoms with E-state index >= 15 is 0 Å². The second-order valence-corrected chi connectivity index (χ2v) is 2.53. The Bertz CT molecular complexity index is 336. The minimum atomic E-state index is -0.671. The molecular formula is C7H8N2O3. The van der Waals surface area contributed by atoms with Crippen LogP contribution in [0.25, 0.3) is 0 Å². The fourth-order valence-corrected chi connectivity index (χ4v) is 0.934. The average Bonchev–Trinajstić information content (AvgIpc) is 1.97. The standard InChI is InChI=1S/C7H8N2O3/c1-5-3-4-8(10)7(6(5)2)9(11)12/h3-4H,1-2H3. The van der Waals surface area contributed by atoms with Gasteiger partial charge < -0.3 is 5.21 Å². The van der Waals surface area contributed by atoms with E-state index < -0.39 is 10.7 Å². The van der Waals surface area contributed by atoms with Gasteiger partial charge in [0.15, 0.2) is 6.20 Å². The number of aromatic nitrogens is 1. The zero-order valence-corrected chi connectivity index (χ0v) is 6.77. The van der Waals surface area contributed by atoms with Crippen molar-refractivity contribution in [3.05, 3.63) is 38.7 Å². The maximum Gasteiger partial charge on any atom is 0.515 e. The van der Waals surface area contributed by atoms with Gasteiger partial charge in [-0.3, -0.25) is 10.1 Å². The molecule has 0 aliphatic carbocycles. The molecule has 0 amide bonds. The van der Waals surface area contributed by atoms with Gasteiger partial charge in [0.05, 0.1) is 0 Å². The summed E-state index contributed by atoms with van der Waals surface area (Å²) >= 11 is 0. The van der Waals surface area contributed by atoms with Crippen LogP contribution in [-0.2, 0) is 0 Å². The highest BCUT2D eigenvalue weighted by Gasteiger charge is 2.23. The summed E-state index contributed by atoms with van der Waals surface area (Å²) in [5.74, 6) is -0.394. The average molecular weight is 168 g/mol. The van der Waals surface area contributed by atoms with Crippen LogP contribution < -0.4 is 4.73 Å². The van der Waals surface area contributed by atoms with Crippen LogP contribution in [0.5, 0.6) is 0 Å². The third-order valence-corrected chi connectivity index (χ3v) is 1.77. The molecule has 64 valence electrons. The number of rotatable bonds is 1. The molecule has 0 aliphatic rings. The quantitative estimate of drug-likeness (QED) is 0.270. The molecular weight excluding hydrogens is 160 g/mol. The lowest BCUT2D eigenvalue weighted by Gasteiger charge is -2.00. The van der Waals surface area contributed by atoms with Crippen molar-refractivity contribution in [2.24, 2.45) is 0 Å². The monoisotopic (exact) mass is 168 g/mol. The van der Waals surface area contributed by atoms with E-state index in [0.29, 0.717) is 5.56 Å². The Balaban J connectivity index is 3.43. The Morgan fingerprint density at radius 3 is 2.50 bits per heavy atom. The number of nitro groups is 1. The van der Waals surface area contributed by atoms with Gasteiger partial charge in [-0.15, -0.1) is 4.73 Å². The van der Waals surface area contributed by atoms with Gasteiger partial charge in [-0.1, -0.05) is 0 Å². The van der Waals surface area contributed by atoms with Crippen LogP contribution in [0.4, 0.5) is 5.82 Å². The lowest BCUT2D eigenvalue weighted by Crippen LogP contribution is -2.30. The van der Waals surface area contributed by atoms with Crippen molar-refractivity contribution in [2.75, 3.05) is 0 Å². The fourth-order valence-electron chi connectivity index (χ4n) is 0.934. The van der Waals surface area contributed by atoms with E-state index in [4.69, 9.17) is 0 Å². The Labute approximate surface area is 69.0 Å². The minimum absolute atomic E-state index is 0.266. The summed E-state index contributed by atoms with van der Waals surface area (Å²) in [7, 11) is 0. The molecule has 12 heavy (non-hydrogen) atoms. The Morgan fingerprint density at radius 2 is 2.08 bits per heavy atom. The summed E-state index contributed by atoms with van der Waals surface area (Å²) in [5, 5.41) is 21.3. The molecule has 0 unspecified atom stereocenters. The summed E-state index contributed by atoms with van der Waals surface area (Å²) in [6.07, 6.45) is 1.14. The predicted octanol–water partition coefficient (Wildman–Crippen LogP) is 0.845. The van der Waals surface area contributed by atoms with Crippen molar-refractivity contribution >= 4 is 5.82 Å². The first-order valence-electron chi connectivity index (χ1n) is 3.38. The molecule has 0 aliphatic heterocycles. The molecule has 0 bridgehead atoms. The van der Waals surface area contributed by atoms with Crippen LogP contribution in [0.1, 0.15) is 11.1 Å². The second-order valence-electron chi connectivity index (χ2n) is 2.53. The number of nitrogens with zero attached hydrogens (tertiary/aromatic N) is 2. The fraction of sp³-hybridized carbons (Fsp3) is 0.286. The lowest BCUT2D eigenvalue weighted by atomic mass is 10.2. The molecule has 0 fully saturated rings. The molecule has 0 spiro atoms. The molecule has 0 N–H and O–H groups in total. The maximum atomic E-state index is 10.9. The number of pyridine rings is 1. The summed E-state index contributed by atoms with van der Waals surface area (Å²) in [4.78, 5) is 9.71. The molecule has 0 radical (unpaired) electrons. The van der Waals surface area contributed by atoms with Crippen LogP contribution in [0, 0.1) is 29.2 Å². The van der Waals surface area contributed by atoms with E-state index in [2.05, 4.69) is 0 Å². The highest BCUT2D eigenvalue weighted by Crippen LogP contribution is 2.14. The molecule has 0 saturated heterocycles. The Kier molecular flexibility index (Phi) is 1.95. The van der Waals surface area contributed by atoms with Crippen molar-refractivity contribution in [3.63, 3.8) is 0 Å². The highest BCUT2D eigenvalue weighted by molar-refractivity contribution is 5.32. The Morgan fingerprint density at radius 1 is 1.50 bits per heavy atom. The third kappa shape index (κ3) is 1.20. The van der Waals surface area contributed by atoms with Crippen molar-refractivity contribution in [3.8, 4) is 0 Å². The molecule has 1 rings (SSSR count). The van der Waals surface area contributed by atoms with Crippen molar-refractivity contribution in [2.45, 2.75) is 13.8 Å². The number of hydrogen-bond acceptors (Lipinski definition) is 3. The van der Waals surface area contributed by atoms with Crippen LogP contribution in [-0.4, -0.2) is 4.92 Å². The summed E-state index contributed by atoms with van der Waals surface area (Å²) < 4.78 is 0.266. The van der Waals surface area contributed by atoms with E-state index in [1.54, 1.807) is 19.9 Å². The molecule has 5 heteroatoms. The summed E-state index contributed by atoms with van der Waals surface area (Å²) in [5.41, 5.74) is 1.16. The zero-order chi connectivity index (χ0) is 9.30. The first-order chi connectivity index (χ1) is 5.54. The van der Waals surface area contributed by atoms with Gasteiger partial charge >= 0.3 is 5.82 Å². The van der Waals surface area contributed by atoms with E-state index in [9.17, 15) is 15.3 Å². The largest absolute Gasteiger partial charge is 0.614 e. The first kappa shape index (κ1) is 8.45. The summed E-state index contributed by atoms with van der Waals surface area (Å²) in [6.45, 7) is 3.28. The zero-order valence-electron chi connectivity index (χ0n) is 6.77. The molecule has 5 nitrogen and oxygen atoms in total. The van der Waals surface area contributed by atoms with E-state index in [1.165, 1.54) is 0 Å². The maximum absolute atomic E-state index is 10.9. The minimum Gasteiger partial charge on any atom is -0.614 e. The van der Waals surface area contributed by atoms with Gasteiger partial charge in [0.1, 0.15) is 10.5 Å². The second kappa shape index (κ2) is 2.77. The SMILES string of the molecule is Cc1cc[n+]([O-])c([N+](=O)[O-])c1C. The van der Waals surface area contributed by atoms with Gasteiger partial charge in [0.25, 0.3) is 0 Å². The molecule has 0 aromatic carbocycles.